The minimum Gasteiger partial charge on any atom is -0.323 e. The predicted octanol–water partition coefficient (Wildman–Crippen LogP) is 0.562. The topological polar surface area (TPSA) is 159 Å². The fourth-order valence-electron chi connectivity index (χ4n) is 1.41. The largest absolute Gasteiger partial charge is 0.323 e. The van der Waals surface area contributed by atoms with Gasteiger partial charge in [0.1, 0.15) is 4.90 Å². The van der Waals surface area contributed by atoms with E-state index in [9.17, 15) is 16.8 Å². The van der Waals surface area contributed by atoms with E-state index in [-0.39, 0.29) is 16.9 Å². The molecule has 0 aliphatic rings. The van der Waals surface area contributed by atoms with Crippen molar-refractivity contribution < 1.29 is 25.9 Å². The van der Waals surface area contributed by atoms with Gasteiger partial charge in [-0.25, -0.2) is 0 Å². The van der Waals surface area contributed by atoms with Gasteiger partial charge < -0.3 is 5.32 Å². The van der Waals surface area contributed by atoms with Gasteiger partial charge in [0.05, 0.1) is 10.6 Å². The molecule has 0 unspecified atom stereocenters. The van der Waals surface area contributed by atoms with Crippen LogP contribution in [0.2, 0.25) is 5.28 Å². The molecule has 0 fully saturated rings. The molecule has 2 rings (SSSR count). The SMILES string of the molecule is O=S(=O)(O)c1ccc(Nc2n[c]nc(Cl)n2)c(S(=O)(=O)O)c1. The maximum Gasteiger partial charge on any atom is 0.296 e. The average molecular weight is 366 g/mol. The number of rotatable bonds is 4. The number of nitrogens with one attached hydrogen (secondary N) is 1. The zero-order chi connectivity index (χ0) is 16.5. The molecule has 0 saturated carbocycles. The summed E-state index contributed by atoms with van der Waals surface area (Å²) in [5.41, 5.74) is -0.245. The molecule has 1 aromatic carbocycles. The van der Waals surface area contributed by atoms with E-state index in [2.05, 4.69) is 26.6 Å². The molecule has 2 aromatic rings. The lowest BCUT2D eigenvalue weighted by Crippen LogP contribution is -2.08. The van der Waals surface area contributed by atoms with Gasteiger partial charge in [0, 0.05) is 0 Å². The highest BCUT2D eigenvalue weighted by Gasteiger charge is 2.21. The first-order valence-electron chi connectivity index (χ1n) is 5.21. The number of hydrogen-bond donors (Lipinski definition) is 3. The van der Waals surface area contributed by atoms with Crippen LogP contribution in [0.15, 0.2) is 28.0 Å². The fourth-order valence-corrected chi connectivity index (χ4v) is 2.78. The fraction of sp³-hybridized carbons (Fsp3) is 0. The molecule has 3 N–H and O–H groups in total. The highest BCUT2D eigenvalue weighted by atomic mass is 35.5. The Balaban J connectivity index is 2.57. The monoisotopic (exact) mass is 365 g/mol. The molecule has 0 atom stereocenters. The van der Waals surface area contributed by atoms with E-state index >= 15 is 0 Å². The van der Waals surface area contributed by atoms with Gasteiger partial charge in [-0.3, -0.25) is 9.11 Å². The lowest BCUT2D eigenvalue weighted by molar-refractivity contribution is 0.481. The van der Waals surface area contributed by atoms with Crippen molar-refractivity contribution in [2.24, 2.45) is 0 Å². The van der Waals surface area contributed by atoms with E-state index in [4.69, 9.17) is 20.7 Å². The van der Waals surface area contributed by atoms with Gasteiger partial charge in [-0.15, -0.1) is 0 Å². The molecule has 0 spiro atoms. The van der Waals surface area contributed by atoms with Crippen LogP contribution in [-0.2, 0) is 20.2 Å². The Morgan fingerprint density at radius 1 is 1.09 bits per heavy atom. The molecule has 0 aliphatic carbocycles. The van der Waals surface area contributed by atoms with Crippen LogP contribution in [0, 0.1) is 6.33 Å². The van der Waals surface area contributed by atoms with Gasteiger partial charge in [0.25, 0.3) is 20.2 Å². The summed E-state index contributed by atoms with van der Waals surface area (Å²) < 4.78 is 62.8. The van der Waals surface area contributed by atoms with E-state index in [0.29, 0.717) is 6.07 Å². The third kappa shape index (κ3) is 3.86. The van der Waals surface area contributed by atoms with E-state index in [1.54, 1.807) is 0 Å². The number of halogens is 1. The summed E-state index contributed by atoms with van der Waals surface area (Å²) >= 11 is 5.51. The average Bonchev–Trinajstić information content (AvgIpc) is 2.36. The molecular weight excluding hydrogens is 360 g/mol. The number of nitrogens with zero attached hydrogens (tertiary/aromatic N) is 3. The highest BCUT2D eigenvalue weighted by Crippen LogP contribution is 2.26. The molecule has 0 aliphatic heterocycles. The summed E-state index contributed by atoms with van der Waals surface area (Å²) in [6.45, 7) is 0. The van der Waals surface area contributed by atoms with E-state index in [0.717, 1.165) is 12.1 Å². The van der Waals surface area contributed by atoms with Crippen LogP contribution in [0.4, 0.5) is 11.6 Å². The predicted molar refractivity (Wildman–Crippen MR) is 73.0 cm³/mol. The molecule has 0 bridgehead atoms. The number of anilines is 2. The molecule has 13 heteroatoms. The van der Waals surface area contributed by atoms with Crippen molar-refractivity contribution in [3.05, 3.63) is 29.8 Å². The van der Waals surface area contributed by atoms with Crippen molar-refractivity contribution in [3.8, 4) is 0 Å². The minimum atomic E-state index is -4.80. The lowest BCUT2D eigenvalue weighted by atomic mass is 10.3. The van der Waals surface area contributed by atoms with Crippen LogP contribution in [0.1, 0.15) is 0 Å². The lowest BCUT2D eigenvalue weighted by Gasteiger charge is -2.09. The second kappa shape index (κ2) is 5.73. The third-order valence-corrected chi connectivity index (χ3v) is 4.18. The molecule has 1 heterocycles. The second-order valence-electron chi connectivity index (χ2n) is 3.76. The molecule has 117 valence electrons. The summed E-state index contributed by atoms with van der Waals surface area (Å²) in [4.78, 5) is 9.04. The second-order valence-corrected chi connectivity index (χ2v) is 6.91. The van der Waals surface area contributed by atoms with Crippen molar-refractivity contribution in [3.63, 3.8) is 0 Å². The van der Waals surface area contributed by atoms with Gasteiger partial charge in [0.2, 0.25) is 17.6 Å². The van der Waals surface area contributed by atoms with Crippen LogP contribution < -0.4 is 5.32 Å². The summed E-state index contributed by atoms with van der Waals surface area (Å²) in [5.74, 6) is -0.190. The molecule has 1 aromatic heterocycles. The van der Waals surface area contributed by atoms with E-state index in [1.165, 1.54) is 0 Å². The number of hydrogen-bond acceptors (Lipinski definition) is 8. The minimum absolute atomic E-state index is 0.190. The van der Waals surface area contributed by atoms with Crippen molar-refractivity contribution in [1.29, 1.82) is 0 Å². The first kappa shape index (κ1) is 16.5. The summed E-state index contributed by atoms with van der Waals surface area (Å²) in [7, 11) is -9.45. The summed E-state index contributed by atoms with van der Waals surface area (Å²) in [5, 5.41) is 2.18. The standard InChI is InChI=1S/C9H6ClN4O6S2/c10-8-11-4-12-9(14-8)13-6-2-1-5(21(15,16)17)3-7(6)22(18,19)20/h1-3H,(H,15,16,17)(H,18,19,20)(H,11,12,13,14). The van der Waals surface area contributed by atoms with Gasteiger partial charge in [-0.2, -0.15) is 31.8 Å². The Kier molecular flexibility index (Phi) is 4.30. The first-order valence-corrected chi connectivity index (χ1v) is 8.47. The molecule has 22 heavy (non-hydrogen) atoms. The Labute approximate surface area is 129 Å². The zero-order valence-electron chi connectivity index (χ0n) is 10.3. The van der Waals surface area contributed by atoms with Crippen molar-refractivity contribution in [1.82, 2.24) is 15.0 Å². The molecule has 1 radical (unpaired) electrons. The number of aromatic nitrogens is 3. The molecule has 10 nitrogen and oxygen atoms in total. The van der Waals surface area contributed by atoms with Crippen LogP contribution >= 0.6 is 11.6 Å². The van der Waals surface area contributed by atoms with Crippen LogP contribution in [0.25, 0.3) is 0 Å². The smallest absolute Gasteiger partial charge is 0.296 e. The van der Waals surface area contributed by atoms with Crippen LogP contribution in [0.3, 0.4) is 0 Å². The normalized spacial score (nSPS) is 12.1. The molecule has 0 saturated heterocycles. The zero-order valence-corrected chi connectivity index (χ0v) is 12.7. The van der Waals surface area contributed by atoms with Crippen LogP contribution in [0.5, 0.6) is 0 Å². The van der Waals surface area contributed by atoms with Crippen molar-refractivity contribution in [2.75, 3.05) is 5.32 Å². The van der Waals surface area contributed by atoms with Gasteiger partial charge >= 0.3 is 0 Å². The highest BCUT2D eigenvalue weighted by molar-refractivity contribution is 7.86. The maximum atomic E-state index is 11.3. The Morgan fingerprint density at radius 3 is 2.32 bits per heavy atom. The van der Waals surface area contributed by atoms with Crippen LogP contribution in [-0.4, -0.2) is 40.9 Å². The van der Waals surface area contributed by atoms with Gasteiger partial charge in [-0.05, 0) is 29.8 Å². The quantitative estimate of drug-likeness (QED) is 0.653. The van der Waals surface area contributed by atoms with Crippen molar-refractivity contribution in [2.45, 2.75) is 9.79 Å². The van der Waals surface area contributed by atoms with Gasteiger partial charge in [0.15, 0.2) is 0 Å². The summed E-state index contributed by atoms with van der Waals surface area (Å²) in [6.07, 6.45) is 2.14. The third-order valence-electron chi connectivity index (χ3n) is 2.27. The Hall–Kier alpha value is -1.86. The Bertz CT molecular complexity index is 931. The van der Waals surface area contributed by atoms with E-state index in [1.807, 2.05) is 0 Å². The summed E-state index contributed by atoms with van der Waals surface area (Å²) in [6, 6.07) is 2.47. The van der Waals surface area contributed by atoms with Gasteiger partial charge in [-0.1, -0.05) is 0 Å². The molecule has 0 amide bonds. The Morgan fingerprint density at radius 2 is 1.77 bits per heavy atom. The van der Waals surface area contributed by atoms with E-state index < -0.39 is 30.0 Å². The number of benzene rings is 1. The maximum absolute atomic E-state index is 11.3. The molecular formula is C9H6ClN4O6S2. The first-order chi connectivity index (χ1) is 10.1. The van der Waals surface area contributed by atoms with Crippen molar-refractivity contribution >= 4 is 43.5 Å².